The van der Waals surface area contributed by atoms with Crippen molar-refractivity contribution in [3.8, 4) is 5.75 Å². The van der Waals surface area contributed by atoms with E-state index in [0.717, 1.165) is 25.3 Å². The second-order valence-electron chi connectivity index (χ2n) is 7.41. The molecular weight excluding hydrogens is 330 g/mol. The summed E-state index contributed by atoms with van der Waals surface area (Å²) in [5.41, 5.74) is 0.735. The van der Waals surface area contributed by atoms with E-state index in [2.05, 4.69) is 29.4 Å². The van der Waals surface area contributed by atoms with E-state index in [4.69, 9.17) is 4.74 Å². The Balaban J connectivity index is 1.77. The number of amides is 1. The fraction of sp³-hybridized carbons (Fsp3) is 0.650. The predicted octanol–water partition coefficient (Wildman–Crippen LogP) is 2.09. The van der Waals surface area contributed by atoms with Crippen molar-refractivity contribution in [3.63, 3.8) is 0 Å². The number of anilines is 1. The lowest BCUT2D eigenvalue weighted by molar-refractivity contribution is -0.114. The van der Waals surface area contributed by atoms with Crippen LogP contribution < -0.4 is 15.4 Å². The van der Waals surface area contributed by atoms with E-state index in [9.17, 15) is 9.90 Å². The molecule has 0 aliphatic carbocycles. The Morgan fingerprint density at radius 1 is 1.31 bits per heavy atom. The molecule has 0 aromatic heterocycles. The maximum absolute atomic E-state index is 11.0. The number of nitrogens with one attached hydrogen (secondary N) is 2. The van der Waals surface area contributed by atoms with Gasteiger partial charge >= 0.3 is 0 Å². The van der Waals surface area contributed by atoms with Crippen molar-refractivity contribution in [2.45, 2.75) is 45.8 Å². The average Bonchev–Trinajstić information content (AvgIpc) is 2.61. The summed E-state index contributed by atoms with van der Waals surface area (Å²) in [5, 5.41) is 16.5. The van der Waals surface area contributed by atoms with Crippen LogP contribution in [0.3, 0.4) is 0 Å². The van der Waals surface area contributed by atoms with Gasteiger partial charge in [0.25, 0.3) is 0 Å². The summed E-state index contributed by atoms with van der Waals surface area (Å²) in [7, 11) is 0. The number of aliphatic hydroxyl groups is 1. The Kier molecular flexibility index (Phi) is 8.35. The molecule has 1 atom stereocenters. The van der Waals surface area contributed by atoms with Crippen molar-refractivity contribution < 1.29 is 14.6 Å². The van der Waals surface area contributed by atoms with E-state index < -0.39 is 6.10 Å². The molecule has 1 amide bonds. The minimum atomic E-state index is -0.533. The van der Waals surface area contributed by atoms with Gasteiger partial charge in [-0.05, 0) is 70.0 Å². The van der Waals surface area contributed by atoms with Gasteiger partial charge in [-0.25, -0.2) is 0 Å². The first-order chi connectivity index (χ1) is 12.4. The molecule has 1 aliphatic rings. The zero-order valence-corrected chi connectivity index (χ0v) is 16.2. The summed E-state index contributed by atoms with van der Waals surface area (Å²) >= 11 is 0. The third kappa shape index (κ3) is 7.32. The highest BCUT2D eigenvalue weighted by atomic mass is 16.5. The van der Waals surface area contributed by atoms with E-state index in [1.165, 1.54) is 19.8 Å². The van der Waals surface area contributed by atoms with E-state index in [1.54, 1.807) is 24.3 Å². The lowest BCUT2D eigenvalue weighted by Gasteiger charge is -2.34. The van der Waals surface area contributed by atoms with E-state index >= 15 is 0 Å². The fourth-order valence-corrected chi connectivity index (χ4v) is 3.25. The zero-order valence-electron chi connectivity index (χ0n) is 16.2. The molecule has 1 heterocycles. The molecule has 3 N–H and O–H groups in total. The minimum Gasteiger partial charge on any atom is -0.491 e. The molecule has 26 heavy (non-hydrogen) atoms. The summed E-state index contributed by atoms with van der Waals surface area (Å²) in [5.74, 6) is 1.29. The van der Waals surface area contributed by atoms with Gasteiger partial charge in [-0.15, -0.1) is 0 Å². The van der Waals surface area contributed by atoms with Gasteiger partial charge in [0, 0.05) is 31.7 Å². The van der Waals surface area contributed by atoms with Gasteiger partial charge in [-0.3, -0.25) is 9.69 Å². The molecule has 146 valence electrons. The molecule has 6 heteroatoms. The van der Waals surface area contributed by atoms with E-state index in [1.807, 2.05) is 0 Å². The van der Waals surface area contributed by atoms with Crippen LogP contribution >= 0.6 is 0 Å². The number of carbonyl (C=O) groups excluding carboxylic acids is 1. The molecule has 1 unspecified atom stereocenters. The second kappa shape index (κ2) is 10.5. The van der Waals surface area contributed by atoms with Crippen molar-refractivity contribution in [1.82, 2.24) is 10.2 Å². The van der Waals surface area contributed by atoms with Gasteiger partial charge in [0.15, 0.2) is 0 Å². The Hall–Kier alpha value is -1.63. The number of hydrogen-bond acceptors (Lipinski definition) is 5. The molecule has 2 rings (SSSR count). The quantitative estimate of drug-likeness (QED) is 0.627. The largest absolute Gasteiger partial charge is 0.491 e. The maximum Gasteiger partial charge on any atom is 0.221 e. The van der Waals surface area contributed by atoms with E-state index in [-0.39, 0.29) is 12.5 Å². The first-order valence-corrected chi connectivity index (χ1v) is 9.57. The molecule has 0 saturated carbocycles. The third-order valence-corrected chi connectivity index (χ3v) is 4.74. The number of piperidine rings is 1. The number of ether oxygens (including phenoxy) is 1. The minimum absolute atomic E-state index is 0.100. The molecule has 1 aromatic rings. The number of rotatable bonds is 9. The highest BCUT2D eigenvalue weighted by Crippen LogP contribution is 2.17. The fourth-order valence-electron chi connectivity index (χ4n) is 3.25. The van der Waals surface area contributed by atoms with Gasteiger partial charge in [-0.1, -0.05) is 0 Å². The lowest BCUT2D eigenvalue weighted by Crippen LogP contribution is -2.44. The smallest absolute Gasteiger partial charge is 0.221 e. The Morgan fingerprint density at radius 2 is 1.96 bits per heavy atom. The van der Waals surface area contributed by atoms with Crippen molar-refractivity contribution in [2.75, 3.05) is 38.1 Å². The average molecular weight is 364 g/mol. The van der Waals surface area contributed by atoms with Crippen LogP contribution in [-0.2, 0) is 4.79 Å². The summed E-state index contributed by atoms with van der Waals surface area (Å²) < 4.78 is 5.70. The molecule has 1 aromatic carbocycles. The molecular formula is C20H33N3O3. The number of hydrogen-bond donors (Lipinski definition) is 3. The zero-order chi connectivity index (χ0) is 18.9. The number of carbonyl (C=O) groups is 1. The van der Waals surface area contributed by atoms with Gasteiger partial charge < -0.3 is 20.5 Å². The molecule has 0 radical (unpaired) electrons. The van der Waals surface area contributed by atoms with Crippen LogP contribution in [0.4, 0.5) is 5.69 Å². The monoisotopic (exact) mass is 363 g/mol. The molecule has 1 saturated heterocycles. The molecule has 1 aliphatic heterocycles. The van der Waals surface area contributed by atoms with Crippen LogP contribution in [0.5, 0.6) is 5.75 Å². The Bertz CT molecular complexity index is 542. The predicted molar refractivity (Wildman–Crippen MR) is 105 cm³/mol. The van der Waals surface area contributed by atoms with Gasteiger partial charge in [0.05, 0.1) is 0 Å². The highest BCUT2D eigenvalue weighted by Gasteiger charge is 2.21. The topological polar surface area (TPSA) is 73.8 Å². The number of benzene rings is 1. The van der Waals surface area contributed by atoms with Crippen LogP contribution in [0, 0.1) is 5.92 Å². The van der Waals surface area contributed by atoms with Gasteiger partial charge in [0.2, 0.25) is 5.91 Å². The highest BCUT2D eigenvalue weighted by molar-refractivity contribution is 5.88. The number of aliphatic hydroxyl groups excluding tert-OH is 1. The first-order valence-electron chi connectivity index (χ1n) is 9.57. The van der Waals surface area contributed by atoms with Crippen LogP contribution in [0.15, 0.2) is 24.3 Å². The van der Waals surface area contributed by atoms with Crippen LogP contribution in [-0.4, -0.2) is 60.8 Å². The number of nitrogens with zero attached hydrogens (tertiary/aromatic N) is 1. The first kappa shape index (κ1) is 20.7. The Morgan fingerprint density at radius 3 is 2.54 bits per heavy atom. The molecule has 6 nitrogen and oxygen atoms in total. The van der Waals surface area contributed by atoms with E-state index in [0.29, 0.717) is 24.3 Å². The van der Waals surface area contributed by atoms with Crippen LogP contribution in [0.1, 0.15) is 33.6 Å². The van der Waals surface area contributed by atoms with Crippen molar-refractivity contribution in [3.05, 3.63) is 24.3 Å². The molecule has 0 bridgehead atoms. The van der Waals surface area contributed by atoms with Crippen molar-refractivity contribution in [2.24, 2.45) is 5.92 Å². The summed E-state index contributed by atoms with van der Waals surface area (Å²) in [6, 6.07) is 7.58. The SMILES string of the molecule is CC(=O)Nc1ccc(OCC(O)CN(CC2CCNCC2)C(C)C)cc1. The van der Waals surface area contributed by atoms with Crippen molar-refractivity contribution >= 4 is 11.6 Å². The lowest BCUT2D eigenvalue weighted by atomic mass is 9.97. The van der Waals surface area contributed by atoms with Crippen LogP contribution in [0.2, 0.25) is 0 Å². The van der Waals surface area contributed by atoms with Crippen LogP contribution in [0.25, 0.3) is 0 Å². The second-order valence-corrected chi connectivity index (χ2v) is 7.41. The van der Waals surface area contributed by atoms with Crippen molar-refractivity contribution in [1.29, 1.82) is 0 Å². The van der Waals surface area contributed by atoms with Gasteiger partial charge in [-0.2, -0.15) is 0 Å². The molecule has 0 spiro atoms. The van der Waals surface area contributed by atoms with Gasteiger partial charge in [0.1, 0.15) is 18.5 Å². The third-order valence-electron chi connectivity index (χ3n) is 4.74. The Labute approximate surface area is 156 Å². The summed E-state index contributed by atoms with van der Waals surface area (Å²) in [4.78, 5) is 13.4. The normalized spacial score (nSPS) is 16.7. The molecule has 1 fully saturated rings. The standard InChI is InChI=1S/C20H33N3O3/c1-15(2)23(12-17-8-10-21-11-9-17)13-19(25)14-26-20-6-4-18(5-7-20)22-16(3)24/h4-7,15,17,19,21,25H,8-14H2,1-3H3,(H,22,24). The maximum atomic E-state index is 11.0. The summed E-state index contributed by atoms with van der Waals surface area (Å²) in [6.07, 6.45) is 1.88. The summed E-state index contributed by atoms with van der Waals surface area (Å²) in [6.45, 7) is 9.92.